The molecule has 1 aliphatic heterocycles. The first kappa shape index (κ1) is 29.2. The molecule has 0 unspecified atom stereocenters. The molecule has 0 radical (unpaired) electrons. The van der Waals surface area contributed by atoms with Gasteiger partial charge >= 0.3 is 12.2 Å². The Morgan fingerprint density at radius 3 is 2.20 bits per heavy atom. The zero-order valence-corrected chi connectivity index (χ0v) is 23.3. The molecular weight excluding hydrogens is 488 g/mol. The summed E-state index contributed by atoms with van der Waals surface area (Å²) in [5.74, 6) is 0.722. The smallest absolute Gasteiger partial charge is 0.430 e. The maximum atomic E-state index is 14.2. The van der Waals surface area contributed by atoms with Crippen molar-refractivity contribution in [2.75, 3.05) is 11.5 Å². The van der Waals surface area contributed by atoms with Crippen molar-refractivity contribution < 1.29 is 28.1 Å². The first-order valence-corrected chi connectivity index (χ1v) is 14.1. The molecule has 0 aliphatic carbocycles. The third-order valence-electron chi connectivity index (χ3n) is 5.10. The second kappa shape index (κ2) is 11.8. The van der Waals surface area contributed by atoms with Crippen LogP contribution in [0.4, 0.5) is 9.59 Å². The van der Waals surface area contributed by atoms with Gasteiger partial charge in [-0.15, -0.1) is 11.8 Å². The minimum atomic E-state index is -1.43. The lowest BCUT2D eigenvalue weighted by Gasteiger charge is -2.39. The Morgan fingerprint density at radius 1 is 1.09 bits per heavy atom. The van der Waals surface area contributed by atoms with Gasteiger partial charge < -0.3 is 9.47 Å². The SMILES string of the molecule is CC[C@@]1(C(=O)[C@H](Cc2ccccc2)N(NC(=O)OC(C)(C)C)C(=O)OC(C)(C)C)SCCC[S@]1=O. The Bertz CT molecular complexity index is 926. The Kier molecular flexibility index (Phi) is 9.81. The van der Waals surface area contributed by atoms with Crippen LogP contribution in [0.15, 0.2) is 30.3 Å². The van der Waals surface area contributed by atoms with Crippen LogP contribution in [0.1, 0.15) is 66.9 Å². The second-order valence-electron chi connectivity index (χ2n) is 10.4. The zero-order chi connectivity index (χ0) is 26.4. The van der Waals surface area contributed by atoms with Crippen LogP contribution in [0.5, 0.6) is 0 Å². The molecule has 1 heterocycles. The second-order valence-corrected chi connectivity index (χ2v) is 13.8. The van der Waals surface area contributed by atoms with Crippen molar-refractivity contribution in [1.82, 2.24) is 10.4 Å². The van der Waals surface area contributed by atoms with Gasteiger partial charge in [-0.3, -0.25) is 9.00 Å². The van der Waals surface area contributed by atoms with Crippen LogP contribution in [-0.2, 0) is 31.5 Å². The summed E-state index contributed by atoms with van der Waals surface area (Å²) in [4.78, 5) is 40.3. The predicted molar refractivity (Wildman–Crippen MR) is 139 cm³/mol. The van der Waals surface area contributed by atoms with Gasteiger partial charge in [0.1, 0.15) is 17.2 Å². The number of Topliss-reactive ketones (excluding diaryl/α,β-unsaturated/α-hetero) is 1. The van der Waals surface area contributed by atoms with Gasteiger partial charge in [-0.1, -0.05) is 37.3 Å². The lowest BCUT2D eigenvalue weighted by atomic mass is 9.98. The molecule has 0 aromatic heterocycles. The van der Waals surface area contributed by atoms with Crippen molar-refractivity contribution in [2.45, 2.75) is 89.1 Å². The molecule has 1 fully saturated rings. The number of ether oxygens (including phenoxy) is 2. The highest BCUT2D eigenvalue weighted by atomic mass is 32.2. The zero-order valence-electron chi connectivity index (χ0n) is 21.7. The van der Waals surface area contributed by atoms with Crippen LogP contribution in [0, 0.1) is 0 Å². The van der Waals surface area contributed by atoms with Crippen LogP contribution >= 0.6 is 11.8 Å². The number of hydrogen-bond donors (Lipinski definition) is 1. The maximum Gasteiger partial charge on any atom is 0.430 e. The molecule has 2 amide bonds. The molecule has 0 spiro atoms. The van der Waals surface area contributed by atoms with Gasteiger partial charge in [0.2, 0.25) is 0 Å². The molecule has 35 heavy (non-hydrogen) atoms. The summed E-state index contributed by atoms with van der Waals surface area (Å²) >= 11 is 1.36. The molecule has 0 saturated carbocycles. The Morgan fingerprint density at radius 2 is 1.69 bits per heavy atom. The summed E-state index contributed by atoms with van der Waals surface area (Å²) in [6.45, 7) is 12.0. The number of carbonyl (C=O) groups is 3. The standard InChI is InChI=1S/C25H38N2O6S2/c1-8-25(34-15-12-16-35(25)31)20(28)19(17-18-13-10-9-11-14-18)27(22(30)33-24(5,6)7)26-21(29)32-23(2,3)4/h9-11,13-14,19H,8,12,15-17H2,1-7H3,(H,26,29)/t19-,25+,35+/m0/s1. The number of hydrazine groups is 1. The summed E-state index contributed by atoms with van der Waals surface area (Å²) in [7, 11) is -1.43. The Hall–Kier alpha value is -2.07. The van der Waals surface area contributed by atoms with Crippen molar-refractivity contribution in [1.29, 1.82) is 0 Å². The molecule has 1 N–H and O–H groups in total. The summed E-state index contributed by atoms with van der Waals surface area (Å²) in [5, 5.41) is 0.915. The van der Waals surface area contributed by atoms with E-state index < -0.39 is 44.3 Å². The monoisotopic (exact) mass is 526 g/mol. The minimum absolute atomic E-state index is 0.105. The normalized spacial score (nSPS) is 21.5. The molecule has 8 nitrogen and oxygen atoms in total. The summed E-state index contributed by atoms with van der Waals surface area (Å²) in [6, 6.07) is 8.03. The summed E-state index contributed by atoms with van der Waals surface area (Å²) in [6.07, 6.45) is -0.591. The molecule has 2 rings (SSSR count). The predicted octanol–water partition coefficient (Wildman–Crippen LogP) is 4.84. The highest BCUT2D eigenvalue weighted by molar-refractivity contribution is 8.14. The van der Waals surface area contributed by atoms with Gasteiger partial charge in [0.25, 0.3) is 0 Å². The number of benzene rings is 1. The van der Waals surface area contributed by atoms with Gasteiger partial charge in [0.15, 0.2) is 9.86 Å². The fraction of sp³-hybridized carbons (Fsp3) is 0.640. The van der Waals surface area contributed by atoms with Gasteiger partial charge in [-0.25, -0.2) is 20.0 Å². The topological polar surface area (TPSA) is 102 Å². The summed E-state index contributed by atoms with van der Waals surface area (Å²) < 4.78 is 22.9. The maximum absolute atomic E-state index is 14.2. The number of carbonyl (C=O) groups excluding carboxylic acids is 3. The van der Waals surface area contributed by atoms with Gasteiger partial charge in [0.05, 0.1) is 0 Å². The number of nitrogens with zero attached hydrogens (tertiary/aromatic N) is 1. The van der Waals surface area contributed by atoms with Crippen LogP contribution in [0.2, 0.25) is 0 Å². The minimum Gasteiger partial charge on any atom is -0.443 e. The number of nitrogens with one attached hydrogen (secondary N) is 1. The van der Waals surface area contributed by atoms with Gasteiger partial charge in [0, 0.05) is 23.0 Å². The quantitative estimate of drug-likeness (QED) is 0.530. The fourth-order valence-corrected chi connectivity index (χ4v) is 7.36. The van der Waals surface area contributed by atoms with Crippen molar-refractivity contribution in [2.24, 2.45) is 0 Å². The van der Waals surface area contributed by atoms with E-state index in [-0.39, 0.29) is 12.2 Å². The molecule has 1 aromatic rings. The number of thioether (sulfide) groups is 1. The largest absolute Gasteiger partial charge is 0.443 e. The van der Waals surface area contributed by atoms with Crippen LogP contribution < -0.4 is 5.43 Å². The highest BCUT2D eigenvalue weighted by Gasteiger charge is 2.51. The van der Waals surface area contributed by atoms with E-state index in [1.807, 2.05) is 37.3 Å². The summed E-state index contributed by atoms with van der Waals surface area (Å²) in [5.41, 5.74) is 1.54. The van der Waals surface area contributed by atoms with E-state index in [1.165, 1.54) is 11.8 Å². The van der Waals surface area contributed by atoms with E-state index in [0.717, 1.165) is 17.0 Å². The Balaban J connectivity index is 2.56. The van der Waals surface area contributed by atoms with E-state index in [9.17, 15) is 18.6 Å². The number of ketones is 1. The molecular formula is C25H38N2O6S2. The lowest BCUT2D eigenvalue weighted by Crippen LogP contribution is -2.62. The van der Waals surface area contributed by atoms with Crippen LogP contribution in [0.3, 0.4) is 0 Å². The van der Waals surface area contributed by atoms with E-state index >= 15 is 0 Å². The molecule has 196 valence electrons. The molecule has 10 heteroatoms. The van der Waals surface area contributed by atoms with Gasteiger partial charge in [-0.2, -0.15) is 0 Å². The number of hydrogen-bond acceptors (Lipinski definition) is 7. The Labute approximate surface area is 215 Å². The van der Waals surface area contributed by atoms with Gasteiger partial charge in [-0.05, 0) is 65.7 Å². The molecule has 3 atom stereocenters. The fourth-order valence-electron chi connectivity index (χ4n) is 3.63. The lowest BCUT2D eigenvalue weighted by molar-refractivity contribution is -0.125. The number of rotatable bonds is 6. The average Bonchev–Trinajstić information content (AvgIpc) is 2.74. The number of amides is 2. The average molecular weight is 527 g/mol. The van der Waals surface area contributed by atoms with Crippen molar-refractivity contribution >= 4 is 40.5 Å². The molecule has 1 aliphatic rings. The van der Waals surface area contributed by atoms with E-state index in [4.69, 9.17) is 9.47 Å². The highest BCUT2D eigenvalue weighted by Crippen LogP contribution is 2.40. The van der Waals surface area contributed by atoms with E-state index in [2.05, 4.69) is 5.43 Å². The van der Waals surface area contributed by atoms with Crippen molar-refractivity contribution in [3.05, 3.63) is 35.9 Å². The third kappa shape index (κ3) is 8.24. The first-order valence-electron chi connectivity index (χ1n) is 11.8. The van der Waals surface area contributed by atoms with Crippen LogP contribution in [-0.4, -0.2) is 60.0 Å². The van der Waals surface area contributed by atoms with Crippen LogP contribution in [0.25, 0.3) is 0 Å². The first-order chi connectivity index (χ1) is 16.2. The molecule has 1 saturated heterocycles. The van der Waals surface area contributed by atoms with E-state index in [0.29, 0.717) is 17.9 Å². The van der Waals surface area contributed by atoms with E-state index in [1.54, 1.807) is 41.5 Å². The molecule has 1 aromatic carbocycles. The van der Waals surface area contributed by atoms with Crippen molar-refractivity contribution in [3.8, 4) is 0 Å². The third-order valence-corrected chi connectivity index (χ3v) is 9.35. The molecule has 0 bridgehead atoms. The van der Waals surface area contributed by atoms with Crippen molar-refractivity contribution in [3.63, 3.8) is 0 Å².